The molecule has 0 heterocycles. The van der Waals surface area contributed by atoms with Crippen LogP contribution in [-0.2, 0) is 32.3 Å². The standard InChI is InChI=1S/C24H30F3N3O4S/c1-17(2)14-28-23(32)18(3)29(15-19-9-6-5-7-10-19)22(31)16-30(35(4,33)34)21-12-8-11-20(13-21)24(25,26)27/h5-13,17-18H,14-16H2,1-4H3,(H,28,32)/t18-/m0/s1. The van der Waals surface area contributed by atoms with Crippen LogP contribution in [0.5, 0.6) is 0 Å². The average molecular weight is 514 g/mol. The Hall–Kier alpha value is -3.08. The summed E-state index contributed by atoms with van der Waals surface area (Å²) in [5.41, 5.74) is -0.639. The Morgan fingerprint density at radius 1 is 1.00 bits per heavy atom. The van der Waals surface area contributed by atoms with Gasteiger partial charge in [0.25, 0.3) is 0 Å². The van der Waals surface area contributed by atoms with E-state index in [4.69, 9.17) is 0 Å². The van der Waals surface area contributed by atoms with Gasteiger partial charge in [-0.3, -0.25) is 13.9 Å². The number of hydrogen-bond donors (Lipinski definition) is 1. The van der Waals surface area contributed by atoms with Crippen molar-refractivity contribution < 1.29 is 31.2 Å². The van der Waals surface area contributed by atoms with Crippen molar-refractivity contribution in [3.63, 3.8) is 0 Å². The number of halogens is 3. The fraction of sp³-hybridized carbons (Fsp3) is 0.417. The zero-order valence-corrected chi connectivity index (χ0v) is 20.9. The zero-order chi connectivity index (χ0) is 26.4. The third-order valence-corrected chi connectivity index (χ3v) is 6.33. The van der Waals surface area contributed by atoms with Crippen LogP contribution >= 0.6 is 0 Å². The summed E-state index contributed by atoms with van der Waals surface area (Å²) in [5, 5.41) is 2.75. The lowest BCUT2D eigenvalue weighted by atomic mass is 10.1. The topological polar surface area (TPSA) is 86.8 Å². The number of carbonyl (C=O) groups excluding carboxylic acids is 2. The third-order valence-electron chi connectivity index (χ3n) is 5.19. The fourth-order valence-corrected chi connectivity index (χ4v) is 4.11. The monoisotopic (exact) mass is 513 g/mol. The lowest BCUT2D eigenvalue weighted by molar-refractivity contribution is -0.139. The predicted octanol–water partition coefficient (Wildman–Crippen LogP) is 3.66. The molecule has 0 saturated carbocycles. The van der Waals surface area contributed by atoms with Crippen LogP contribution in [0, 0.1) is 5.92 Å². The van der Waals surface area contributed by atoms with Gasteiger partial charge in [-0.15, -0.1) is 0 Å². The maximum atomic E-state index is 13.4. The second-order valence-corrected chi connectivity index (χ2v) is 10.5. The van der Waals surface area contributed by atoms with Gasteiger partial charge in [0, 0.05) is 13.1 Å². The lowest BCUT2D eigenvalue weighted by Gasteiger charge is -2.31. The lowest BCUT2D eigenvalue weighted by Crippen LogP contribution is -2.51. The van der Waals surface area contributed by atoms with Gasteiger partial charge < -0.3 is 10.2 Å². The van der Waals surface area contributed by atoms with Crippen molar-refractivity contribution in [1.29, 1.82) is 0 Å². The molecule has 0 radical (unpaired) electrons. The number of alkyl halides is 3. The molecule has 192 valence electrons. The molecular formula is C24H30F3N3O4S. The number of rotatable bonds is 10. The Morgan fingerprint density at radius 3 is 2.17 bits per heavy atom. The number of carbonyl (C=O) groups is 2. The molecule has 0 unspecified atom stereocenters. The Balaban J connectivity index is 2.39. The molecule has 35 heavy (non-hydrogen) atoms. The molecule has 7 nitrogen and oxygen atoms in total. The van der Waals surface area contributed by atoms with E-state index in [1.807, 2.05) is 13.8 Å². The third kappa shape index (κ3) is 8.27. The average Bonchev–Trinajstić information content (AvgIpc) is 2.78. The summed E-state index contributed by atoms with van der Waals surface area (Å²) in [6.45, 7) is 4.97. The summed E-state index contributed by atoms with van der Waals surface area (Å²) in [4.78, 5) is 27.3. The number of sulfonamides is 1. The molecular weight excluding hydrogens is 483 g/mol. The fourth-order valence-electron chi connectivity index (χ4n) is 3.27. The van der Waals surface area contributed by atoms with Crippen LogP contribution in [-0.4, -0.2) is 50.5 Å². The first-order chi connectivity index (χ1) is 16.2. The van der Waals surface area contributed by atoms with Crippen LogP contribution in [0.2, 0.25) is 0 Å². The molecule has 0 saturated heterocycles. The largest absolute Gasteiger partial charge is 0.416 e. The van der Waals surface area contributed by atoms with Crippen LogP contribution < -0.4 is 9.62 Å². The van der Waals surface area contributed by atoms with Gasteiger partial charge in [-0.2, -0.15) is 13.2 Å². The van der Waals surface area contributed by atoms with E-state index in [1.165, 1.54) is 17.9 Å². The molecule has 1 N–H and O–H groups in total. The maximum Gasteiger partial charge on any atom is 0.416 e. The number of anilines is 1. The van der Waals surface area contributed by atoms with E-state index in [0.29, 0.717) is 22.5 Å². The van der Waals surface area contributed by atoms with Crippen molar-refractivity contribution >= 4 is 27.5 Å². The second kappa shape index (κ2) is 11.6. The first-order valence-corrected chi connectivity index (χ1v) is 12.8. The van der Waals surface area contributed by atoms with E-state index >= 15 is 0 Å². The highest BCUT2D eigenvalue weighted by Gasteiger charge is 2.33. The van der Waals surface area contributed by atoms with Gasteiger partial charge in [0.2, 0.25) is 21.8 Å². The van der Waals surface area contributed by atoms with Gasteiger partial charge in [0.1, 0.15) is 12.6 Å². The summed E-state index contributed by atoms with van der Waals surface area (Å²) in [6, 6.07) is 11.6. The van der Waals surface area contributed by atoms with Crippen molar-refractivity contribution in [3.8, 4) is 0 Å². The highest BCUT2D eigenvalue weighted by atomic mass is 32.2. The number of hydrogen-bond acceptors (Lipinski definition) is 4. The van der Waals surface area contributed by atoms with Crippen LogP contribution in [0.4, 0.5) is 18.9 Å². The molecule has 0 fully saturated rings. The van der Waals surface area contributed by atoms with Gasteiger partial charge in [-0.05, 0) is 36.6 Å². The van der Waals surface area contributed by atoms with Gasteiger partial charge in [0.15, 0.2) is 0 Å². The van der Waals surface area contributed by atoms with Crippen LogP contribution in [0.3, 0.4) is 0 Å². The predicted molar refractivity (Wildman–Crippen MR) is 128 cm³/mol. The van der Waals surface area contributed by atoms with Gasteiger partial charge in [-0.1, -0.05) is 50.2 Å². The molecule has 2 rings (SSSR count). The molecule has 1 atom stereocenters. The first-order valence-electron chi connectivity index (χ1n) is 11.0. The molecule has 0 bridgehead atoms. The second-order valence-electron chi connectivity index (χ2n) is 8.64. The zero-order valence-electron chi connectivity index (χ0n) is 20.0. The molecule has 0 aliphatic rings. The van der Waals surface area contributed by atoms with Crippen molar-refractivity contribution in [2.75, 3.05) is 23.7 Å². The molecule has 2 aromatic carbocycles. The maximum absolute atomic E-state index is 13.4. The van der Waals surface area contributed by atoms with Gasteiger partial charge in [-0.25, -0.2) is 8.42 Å². The Bertz CT molecular complexity index is 1120. The Morgan fingerprint density at radius 2 is 1.63 bits per heavy atom. The highest BCUT2D eigenvalue weighted by Crippen LogP contribution is 2.32. The Kier molecular flexibility index (Phi) is 9.31. The molecule has 0 spiro atoms. The van der Waals surface area contributed by atoms with Crippen molar-refractivity contribution in [2.45, 2.75) is 39.5 Å². The first kappa shape index (κ1) is 28.2. The van der Waals surface area contributed by atoms with Crippen molar-refractivity contribution in [1.82, 2.24) is 10.2 Å². The van der Waals surface area contributed by atoms with E-state index in [1.54, 1.807) is 30.3 Å². The molecule has 0 aliphatic heterocycles. The molecule has 2 amide bonds. The Labute approximate surface area is 204 Å². The SMILES string of the molecule is CC(C)CNC(=O)[C@H](C)N(Cc1ccccc1)C(=O)CN(c1cccc(C(F)(F)F)c1)S(C)(=O)=O. The van der Waals surface area contributed by atoms with Crippen molar-refractivity contribution in [3.05, 3.63) is 65.7 Å². The smallest absolute Gasteiger partial charge is 0.354 e. The van der Waals surface area contributed by atoms with E-state index < -0.39 is 46.2 Å². The number of amides is 2. The van der Waals surface area contributed by atoms with Crippen molar-refractivity contribution in [2.24, 2.45) is 5.92 Å². The minimum absolute atomic E-state index is 0.0101. The van der Waals surface area contributed by atoms with E-state index in [0.717, 1.165) is 18.4 Å². The van der Waals surface area contributed by atoms with E-state index in [-0.39, 0.29) is 18.2 Å². The summed E-state index contributed by atoms with van der Waals surface area (Å²) < 4.78 is 65.2. The molecule has 0 aromatic heterocycles. The number of benzene rings is 2. The van der Waals surface area contributed by atoms with Crippen LogP contribution in [0.15, 0.2) is 54.6 Å². The summed E-state index contributed by atoms with van der Waals surface area (Å²) in [7, 11) is -4.13. The summed E-state index contributed by atoms with van der Waals surface area (Å²) in [5.74, 6) is -0.983. The van der Waals surface area contributed by atoms with Gasteiger partial charge >= 0.3 is 6.18 Å². The van der Waals surface area contributed by atoms with E-state index in [2.05, 4.69) is 5.32 Å². The minimum atomic E-state index is -4.69. The van der Waals surface area contributed by atoms with Crippen LogP contribution in [0.1, 0.15) is 31.9 Å². The molecule has 11 heteroatoms. The quantitative estimate of drug-likeness (QED) is 0.525. The minimum Gasteiger partial charge on any atom is -0.354 e. The highest BCUT2D eigenvalue weighted by molar-refractivity contribution is 7.92. The summed E-state index contributed by atoms with van der Waals surface area (Å²) >= 11 is 0. The normalized spacial score (nSPS) is 12.8. The number of nitrogens with zero attached hydrogens (tertiary/aromatic N) is 2. The number of nitrogens with one attached hydrogen (secondary N) is 1. The van der Waals surface area contributed by atoms with Gasteiger partial charge in [0.05, 0.1) is 17.5 Å². The summed E-state index contributed by atoms with van der Waals surface area (Å²) in [6.07, 6.45) is -3.88. The van der Waals surface area contributed by atoms with Crippen LogP contribution in [0.25, 0.3) is 0 Å². The molecule has 2 aromatic rings. The van der Waals surface area contributed by atoms with E-state index in [9.17, 15) is 31.2 Å². The molecule has 0 aliphatic carbocycles.